The smallest absolute Gasteiger partial charge is 0.123 e. The van der Waals surface area contributed by atoms with Crippen molar-refractivity contribution in [1.29, 1.82) is 0 Å². The van der Waals surface area contributed by atoms with Crippen LogP contribution in [0.25, 0.3) is 0 Å². The van der Waals surface area contributed by atoms with Crippen molar-refractivity contribution in [3.63, 3.8) is 0 Å². The van der Waals surface area contributed by atoms with Gasteiger partial charge in [-0.3, -0.25) is 0 Å². The minimum atomic E-state index is 0.201. The number of allylic oxidation sites excluding steroid dienone is 4. The molecule has 0 aromatic heterocycles. The standard InChI is InChI=1S/2C12H20O/c1-10(9-13)8-11-4-6-12(2,3)7-5-11;1-12(2)8-6-11(7-9-12)5-3-4-10-13/h4,9-10H,5-8H2,1-3H3;6,10H,3-5,7-9H2,1-2H3. The normalized spacial score (nSPS) is 22.2. The number of carbonyl (C=O) groups excluding carboxylic acids is 2. The predicted molar refractivity (Wildman–Crippen MR) is 111 cm³/mol. The summed E-state index contributed by atoms with van der Waals surface area (Å²) in [7, 11) is 0. The zero-order chi connectivity index (χ0) is 19.6. The lowest BCUT2D eigenvalue weighted by molar-refractivity contribution is -0.110. The van der Waals surface area contributed by atoms with Crippen LogP contribution >= 0.6 is 0 Å². The van der Waals surface area contributed by atoms with Gasteiger partial charge in [0.05, 0.1) is 0 Å². The molecule has 26 heavy (non-hydrogen) atoms. The molecule has 1 atom stereocenters. The first-order valence-electron chi connectivity index (χ1n) is 10.4. The molecule has 0 aromatic carbocycles. The molecule has 2 nitrogen and oxygen atoms in total. The van der Waals surface area contributed by atoms with E-state index in [4.69, 9.17) is 0 Å². The van der Waals surface area contributed by atoms with E-state index in [2.05, 4.69) is 39.8 Å². The summed E-state index contributed by atoms with van der Waals surface area (Å²) in [5.41, 5.74) is 4.04. The zero-order valence-electron chi connectivity index (χ0n) is 17.8. The van der Waals surface area contributed by atoms with E-state index in [0.717, 1.165) is 38.3 Å². The van der Waals surface area contributed by atoms with Crippen LogP contribution < -0.4 is 0 Å². The zero-order valence-corrected chi connectivity index (χ0v) is 17.8. The fourth-order valence-corrected chi connectivity index (χ4v) is 3.53. The van der Waals surface area contributed by atoms with Crippen molar-refractivity contribution in [2.45, 2.75) is 98.8 Å². The van der Waals surface area contributed by atoms with E-state index >= 15 is 0 Å². The van der Waals surface area contributed by atoms with Crippen molar-refractivity contribution in [3.8, 4) is 0 Å². The highest BCUT2D eigenvalue weighted by atomic mass is 16.1. The summed E-state index contributed by atoms with van der Waals surface area (Å²) in [5, 5.41) is 0. The van der Waals surface area contributed by atoms with Crippen molar-refractivity contribution in [3.05, 3.63) is 23.3 Å². The molecule has 2 aliphatic rings. The lowest BCUT2D eigenvalue weighted by Crippen LogP contribution is -2.15. The Labute approximate surface area is 161 Å². The highest BCUT2D eigenvalue weighted by Crippen LogP contribution is 2.36. The van der Waals surface area contributed by atoms with Gasteiger partial charge in [0.2, 0.25) is 0 Å². The highest BCUT2D eigenvalue weighted by Gasteiger charge is 2.22. The van der Waals surface area contributed by atoms with Crippen LogP contribution in [0.4, 0.5) is 0 Å². The van der Waals surface area contributed by atoms with E-state index in [1.807, 2.05) is 6.92 Å². The molecule has 148 valence electrons. The van der Waals surface area contributed by atoms with Crippen LogP contribution in [-0.4, -0.2) is 12.6 Å². The third-order valence-electron chi connectivity index (χ3n) is 5.77. The summed E-state index contributed by atoms with van der Waals surface area (Å²) in [5.74, 6) is 0.201. The third-order valence-corrected chi connectivity index (χ3v) is 5.77. The maximum absolute atomic E-state index is 10.5. The summed E-state index contributed by atoms with van der Waals surface area (Å²) in [6.07, 6.45) is 18.1. The van der Waals surface area contributed by atoms with E-state index in [9.17, 15) is 9.59 Å². The molecule has 0 heterocycles. The summed E-state index contributed by atoms with van der Waals surface area (Å²) < 4.78 is 0. The third kappa shape index (κ3) is 9.50. The lowest BCUT2D eigenvalue weighted by Gasteiger charge is -2.29. The minimum Gasteiger partial charge on any atom is -0.303 e. The van der Waals surface area contributed by atoms with Crippen LogP contribution in [-0.2, 0) is 9.59 Å². The molecular formula is C24H40O2. The number of rotatable bonds is 7. The fourth-order valence-electron chi connectivity index (χ4n) is 3.53. The first kappa shape index (κ1) is 22.9. The van der Waals surface area contributed by atoms with Gasteiger partial charge in [0.15, 0.2) is 0 Å². The SMILES string of the molecule is CC(C=O)CC1=CCC(C)(C)CC1.CC1(C)CC=C(CCCC=O)CC1. The van der Waals surface area contributed by atoms with Gasteiger partial charge < -0.3 is 9.59 Å². The maximum atomic E-state index is 10.5. The van der Waals surface area contributed by atoms with Crippen molar-refractivity contribution in [2.75, 3.05) is 0 Å². The molecule has 0 fully saturated rings. The predicted octanol–water partition coefficient (Wildman–Crippen LogP) is 6.84. The molecular weight excluding hydrogens is 320 g/mol. The van der Waals surface area contributed by atoms with Crippen molar-refractivity contribution < 1.29 is 9.59 Å². The summed E-state index contributed by atoms with van der Waals surface area (Å²) in [6, 6.07) is 0. The number of hydrogen-bond donors (Lipinski definition) is 0. The van der Waals surface area contributed by atoms with Gasteiger partial charge >= 0.3 is 0 Å². The van der Waals surface area contributed by atoms with E-state index in [1.54, 1.807) is 5.57 Å². The number of aldehydes is 2. The maximum Gasteiger partial charge on any atom is 0.123 e. The van der Waals surface area contributed by atoms with Crippen LogP contribution in [0, 0.1) is 16.7 Å². The van der Waals surface area contributed by atoms with Gasteiger partial charge in [0.25, 0.3) is 0 Å². The monoisotopic (exact) mass is 360 g/mol. The first-order chi connectivity index (χ1) is 12.2. The molecule has 0 N–H and O–H groups in total. The average Bonchev–Trinajstić information content (AvgIpc) is 2.59. The van der Waals surface area contributed by atoms with Gasteiger partial charge in [-0.1, -0.05) is 57.9 Å². The van der Waals surface area contributed by atoms with Crippen LogP contribution in [0.5, 0.6) is 0 Å². The van der Waals surface area contributed by atoms with Crippen LogP contribution in [0.1, 0.15) is 98.8 Å². The van der Waals surface area contributed by atoms with E-state index in [0.29, 0.717) is 10.8 Å². The average molecular weight is 361 g/mol. The Bertz CT molecular complexity index is 508. The number of unbranched alkanes of at least 4 members (excludes halogenated alkanes) is 1. The van der Waals surface area contributed by atoms with Crippen LogP contribution in [0.3, 0.4) is 0 Å². The van der Waals surface area contributed by atoms with Gasteiger partial charge in [0.1, 0.15) is 12.6 Å². The second kappa shape index (κ2) is 10.8. The van der Waals surface area contributed by atoms with E-state index in [-0.39, 0.29) is 5.92 Å². The molecule has 0 spiro atoms. The quantitative estimate of drug-likeness (QED) is 0.283. The van der Waals surface area contributed by atoms with Gasteiger partial charge in [-0.05, 0) is 68.6 Å². The summed E-state index contributed by atoms with van der Waals surface area (Å²) in [4.78, 5) is 20.6. The topological polar surface area (TPSA) is 34.1 Å². The summed E-state index contributed by atoms with van der Waals surface area (Å²) in [6.45, 7) is 11.3. The van der Waals surface area contributed by atoms with Crippen molar-refractivity contribution in [1.82, 2.24) is 0 Å². The molecule has 0 aliphatic heterocycles. The van der Waals surface area contributed by atoms with Crippen LogP contribution in [0.15, 0.2) is 23.3 Å². The Morgan fingerprint density at radius 3 is 1.92 bits per heavy atom. The Morgan fingerprint density at radius 2 is 1.50 bits per heavy atom. The molecule has 1 unspecified atom stereocenters. The Morgan fingerprint density at radius 1 is 0.962 bits per heavy atom. The van der Waals surface area contributed by atoms with Gasteiger partial charge in [-0.25, -0.2) is 0 Å². The molecule has 0 saturated carbocycles. The Hall–Kier alpha value is -1.18. The first-order valence-corrected chi connectivity index (χ1v) is 10.4. The Balaban J connectivity index is 0.000000260. The van der Waals surface area contributed by atoms with E-state index in [1.165, 1.54) is 44.1 Å². The van der Waals surface area contributed by atoms with Crippen molar-refractivity contribution in [2.24, 2.45) is 16.7 Å². The van der Waals surface area contributed by atoms with Gasteiger partial charge in [0, 0.05) is 12.3 Å². The second-order valence-electron chi connectivity index (χ2n) is 9.84. The van der Waals surface area contributed by atoms with Crippen LogP contribution in [0.2, 0.25) is 0 Å². The fraction of sp³-hybridized carbons (Fsp3) is 0.750. The molecule has 2 heteroatoms. The number of hydrogen-bond acceptors (Lipinski definition) is 2. The van der Waals surface area contributed by atoms with Gasteiger partial charge in [-0.15, -0.1) is 0 Å². The molecule has 0 aromatic rings. The lowest BCUT2D eigenvalue weighted by atomic mass is 9.77. The Kier molecular flexibility index (Phi) is 9.54. The van der Waals surface area contributed by atoms with Crippen molar-refractivity contribution >= 4 is 12.6 Å². The van der Waals surface area contributed by atoms with Gasteiger partial charge in [-0.2, -0.15) is 0 Å². The minimum absolute atomic E-state index is 0.201. The van der Waals surface area contributed by atoms with E-state index < -0.39 is 0 Å². The molecule has 0 amide bonds. The molecule has 0 bridgehead atoms. The molecule has 2 aliphatic carbocycles. The summed E-state index contributed by atoms with van der Waals surface area (Å²) >= 11 is 0. The highest BCUT2D eigenvalue weighted by molar-refractivity contribution is 5.53. The molecule has 2 rings (SSSR count). The second-order valence-corrected chi connectivity index (χ2v) is 9.84. The molecule has 0 saturated heterocycles. The number of carbonyl (C=O) groups is 2. The molecule has 0 radical (unpaired) electrons. The largest absolute Gasteiger partial charge is 0.303 e.